The van der Waals surface area contributed by atoms with Crippen LogP contribution in [-0.4, -0.2) is 8.42 Å². The normalized spacial score (nSPS) is 11.3. The number of aryl methyl sites for hydroxylation is 1. The van der Waals surface area contributed by atoms with Crippen LogP contribution in [0.25, 0.3) is 0 Å². The Morgan fingerprint density at radius 1 is 1.20 bits per heavy atom. The molecule has 0 atom stereocenters. The van der Waals surface area contributed by atoms with E-state index in [2.05, 4.69) is 4.72 Å². The molecule has 4 nitrogen and oxygen atoms in total. The molecule has 0 spiro atoms. The van der Waals surface area contributed by atoms with Crippen LogP contribution in [0.2, 0.25) is 5.02 Å². The van der Waals surface area contributed by atoms with Crippen LogP contribution in [-0.2, 0) is 10.0 Å². The molecule has 0 radical (unpaired) electrons. The molecular formula is C13H12ClFN2O2S. The summed E-state index contributed by atoms with van der Waals surface area (Å²) in [6, 6.07) is 8.05. The van der Waals surface area contributed by atoms with Gasteiger partial charge in [0.25, 0.3) is 10.0 Å². The molecule has 0 saturated heterocycles. The van der Waals surface area contributed by atoms with E-state index in [0.717, 1.165) is 11.6 Å². The zero-order valence-corrected chi connectivity index (χ0v) is 12.1. The summed E-state index contributed by atoms with van der Waals surface area (Å²) in [7, 11) is -3.82. The average Bonchev–Trinajstić information content (AvgIpc) is 2.37. The molecule has 2 aromatic carbocycles. The molecule has 0 aliphatic carbocycles. The van der Waals surface area contributed by atoms with E-state index in [1.165, 1.54) is 24.3 Å². The third-order valence-electron chi connectivity index (χ3n) is 2.73. The second kappa shape index (κ2) is 5.30. The van der Waals surface area contributed by atoms with Crippen molar-refractivity contribution in [3.63, 3.8) is 0 Å². The van der Waals surface area contributed by atoms with Gasteiger partial charge in [0.15, 0.2) is 0 Å². The first-order valence-electron chi connectivity index (χ1n) is 5.63. The summed E-state index contributed by atoms with van der Waals surface area (Å²) in [5, 5.41) is -0.0764. The van der Waals surface area contributed by atoms with E-state index in [1.807, 2.05) is 0 Å². The molecule has 0 saturated carbocycles. The van der Waals surface area contributed by atoms with Gasteiger partial charge in [0.05, 0.1) is 15.6 Å². The highest BCUT2D eigenvalue weighted by atomic mass is 35.5. The molecule has 7 heteroatoms. The zero-order chi connectivity index (χ0) is 14.9. The summed E-state index contributed by atoms with van der Waals surface area (Å²) in [6.45, 7) is 1.77. The van der Waals surface area contributed by atoms with E-state index in [-0.39, 0.29) is 15.6 Å². The fourth-order valence-corrected chi connectivity index (χ4v) is 2.76. The van der Waals surface area contributed by atoms with Crippen LogP contribution in [0.5, 0.6) is 0 Å². The predicted octanol–water partition coefficient (Wildman–Crippen LogP) is 3.17. The van der Waals surface area contributed by atoms with Gasteiger partial charge in [-0.25, -0.2) is 12.8 Å². The smallest absolute Gasteiger partial charge is 0.261 e. The van der Waals surface area contributed by atoms with Crippen LogP contribution >= 0.6 is 11.6 Å². The van der Waals surface area contributed by atoms with Crippen molar-refractivity contribution in [2.45, 2.75) is 11.8 Å². The molecule has 3 N–H and O–H groups in total. The molecule has 0 bridgehead atoms. The largest absolute Gasteiger partial charge is 0.398 e. The molecule has 2 aromatic rings. The second-order valence-electron chi connectivity index (χ2n) is 4.25. The van der Waals surface area contributed by atoms with Crippen LogP contribution in [0.4, 0.5) is 15.8 Å². The minimum absolute atomic E-state index is 0.0101. The third kappa shape index (κ3) is 3.02. The second-order valence-corrected chi connectivity index (χ2v) is 6.34. The van der Waals surface area contributed by atoms with E-state index in [0.29, 0.717) is 5.69 Å². The molecule has 0 amide bonds. The Kier molecular flexibility index (Phi) is 3.87. The molecule has 0 unspecified atom stereocenters. The number of rotatable bonds is 3. The van der Waals surface area contributed by atoms with Crippen LogP contribution < -0.4 is 10.5 Å². The number of nitrogens with one attached hydrogen (secondary N) is 1. The van der Waals surface area contributed by atoms with Gasteiger partial charge in [-0.15, -0.1) is 0 Å². The fourth-order valence-electron chi connectivity index (χ4n) is 1.56. The lowest BCUT2D eigenvalue weighted by Gasteiger charge is -2.10. The lowest BCUT2D eigenvalue weighted by Crippen LogP contribution is -2.13. The summed E-state index contributed by atoms with van der Waals surface area (Å²) in [6.07, 6.45) is 0. The van der Waals surface area contributed by atoms with Crippen molar-refractivity contribution in [2.24, 2.45) is 0 Å². The Morgan fingerprint density at radius 2 is 1.90 bits per heavy atom. The van der Waals surface area contributed by atoms with Gasteiger partial charge in [-0.05, 0) is 42.8 Å². The van der Waals surface area contributed by atoms with Gasteiger partial charge in [-0.3, -0.25) is 4.72 Å². The summed E-state index contributed by atoms with van der Waals surface area (Å²) < 4.78 is 39.8. The maximum Gasteiger partial charge on any atom is 0.261 e. The van der Waals surface area contributed by atoms with Crippen LogP contribution in [0.15, 0.2) is 41.3 Å². The highest BCUT2D eigenvalue weighted by Gasteiger charge is 2.15. The number of benzene rings is 2. The molecule has 0 aliphatic rings. The molecule has 2 rings (SSSR count). The SMILES string of the molecule is Cc1ccc(S(=O)(=O)Nc2ccc(Cl)c(F)c2)cc1N. The Balaban J connectivity index is 2.35. The number of sulfonamides is 1. The van der Waals surface area contributed by atoms with Crippen molar-refractivity contribution >= 4 is 33.0 Å². The van der Waals surface area contributed by atoms with Crippen molar-refractivity contribution in [1.29, 1.82) is 0 Å². The summed E-state index contributed by atoms with van der Waals surface area (Å²) >= 11 is 5.54. The standard InChI is InChI=1S/C13H12ClFN2O2S/c1-8-2-4-10(7-13(8)16)20(18,19)17-9-3-5-11(14)12(15)6-9/h2-7,17H,16H2,1H3. The van der Waals surface area contributed by atoms with Gasteiger partial charge in [-0.1, -0.05) is 17.7 Å². The Labute approximate surface area is 121 Å². The van der Waals surface area contributed by atoms with Crippen molar-refractivity contribution in [3.05, 3.63) is 52.8 Å². The number of hydrogen-bond donors (Lipinski definition) is 2. The first-order chi connectivity index (χ1) is 9.29. The molecule has 0 heterocycles. The van der Waals surface area contributed by atoms with Crippen molar-refractivity contribution in [3.8, 4) is 0 Å². The number of halogens is 2. The predicted molar refractivity (Wildman–Crippen MR) is 77.8 cm³/mol. The van der Waals surface area contributed by atoms with E-state index in [1.54, 1.807) is 13.0 Å². The lowest BCUT2D eigenvalue weighted by molar-refractivity contribution is 0.601. The van der Waals surface area contributed by atoms with Gasteiger partial charge < -0.3 is 5.73 Å². The number of nitrogens with two attached hydrogens (primary N) is 1. The quantitative estimate of drug-likeness (QED) is 0.855. The van der Waals surface area contributed by atoms with E-state index in [4.69, 9.17) is 17.3 Å². The topological polar surface area (TPSA) is 72.2 Å². The highest BCUT2D eigenvalue weighted by molar-refractivity contribution is 7.92. The van der Waals surface area contributed by atoms with Gasteiger partial charge in [0.2, 0.25) is 0 Å². The number of hydrogen-bond acceptors (Lipinski definition) is 3. The Bertz CT molecular complexity index is 763. The van der Waals surface area contributed by atoms with Crippen LogP contribution in [0.1, 0.15) is 5.56 Å². The van der Waals surface area contributed by atoms with Crippen LogP contribution in [0, 0.1) is 12.7 Å². The third-order valence-corrected chi connectivity index (χ3v) is 4.42. The molecule has 0 fully saturated rings. The highest BCUT2D eigenvalue weighted by Crippen LogP contribution is 2.23. The van der Waals surface area contributed by atoms with Crippen molar-refractivity contribution in [2.75, 3.05) is 10.5 Å². The minimum atomic E-state index is -3.82. The first-order valence-corrected chi connectivity index (χ1v) is 7.50. The number of anilines is 2. The van der Waals surface area contributed by atoms with Gasteiger partial charge in [0.1, 0.15) is 5.82 Å². The molecular weight excluding hydrogens is 303 g/mol. The molecule has 106 valence electrons. The summed E-state index contributed by atoms with van der Waals surface area (Å²) in [5.74, 6) is -0.699. The van der Waals surface area contributed by atoms with Crippen LogP contribution in [0.3, 0.4) is 0 Å². The lowest BCUT2D eigenvalue weighted by atomic mass is 10.2. The fraction of sp³-hybridized carbons (Fsp3) is 0.0769. The van der Waals surface area contributed by atoms with Crippen molar-refractivity contribution in [1.82, 2.24) is 0 Å². The zero-order valence-electron chi connectivity index (χ0n) is 10.5. The maximum absolute atomic E-state index is 13.3. The minimum Gasteiger partial charge on any atom is -0.398 e. The average molecular weight is 315 g/mol. The Morgan fingerprint density at radius 3 is 2.50 bits per heavy atom. The molecule has 0 aromatic heterocycles. The monoisotopic (exact) mass is 314 g/mol. The first kappa shape index (κ1) is 14.6. The summed E-state index contributed by atoms with van der Waals surface area (Å²) in [5.41, 5.74) is 6.92. The molecule has 20 heavy (non-hydrogen) atoms. The van der Waals surface area contributed by atoms with E-state index >= 15 is 0 Å². The maximum atomic E-state index is 13.3. The van der Waals surface area contributed by atoms with E-state index in [9.17, 15) is 12.8 Å². The van der Waals surface area contributed by atoms with E-state index < -0.39 is 15.8 Å². The van der Waals surface area contributed by atoms with Gasteiger partial charge >= 0.3 is 0 Å². The van der Waals surface area contributed by atoms with Crippen molar-refractivity contribution < 1.29 is 12.8 Å². The summed E-state index contributed by atoms with van der Waals surface area (Å²) in [4.78, 5) is 0.0101. The van der Waals surface area contributed by atoms with Gasteiger partial charge in [-0.2, -0.15) is 0 Å². The molecule has 0 aliphatic heterocycles. The number of nitrogen functional groups attached to an aromatic ring is 1. The Hall–Kier alpha value is -1.79. The van der Waals surface area contributed by atoms with Gasteiger partial charge in [0, 0.05) is 5.69 Å².